The van der Waals surface area contributed by atoms with Crippen LogP contribution in [0.25, 0.3) is 0 Å². The molecule has 2 rings (SSSR count). The first kappa shape index (κ1) is 21.1. The Balaban J connectivity index is 2.05. The molecule has 1 aromatic heterocycles. The van der Waals surface area contributed by atoms with E-state index in [1.165, 1.54) is 24.4 Å². The Morgan fingerprint density at radius 3 is 2.57 bits per heavy atom. The van der Waals surface area contributed by atoms with Gasteiger partial charge in [0.15, 0.2) is 6.17 Å². The molecule has 2 atom stereocenters. The third-order valence-corrected chi connectivity index (χ3v) is 3.70. The zero-order chi connectivity index (χ0) is 20.7. The summed E-state index contributed by atoms with van der Waals surface area (Å²) in [6, 6.07) is 5.61. The largest absolute Gasteiger partial charge is 0.492 e. The molecule has 9 heteroatoms. The number of aromatic nitrogens is 1. The highest BCUT2D eigenvalue weighted by atomic mass is 19.1. The van der Waals surface area contributed by atoms with Gasteiger partial charge in [-0.2, -0.15) is 0 Å². The second kappa shape index (κ2) is 9.63. The monoisotopic (exact) mass is 392 g/mol. The lowest BCUT2D eigenvalue weighted by Gasteiger charge is -2.15. The van der Waals surface area contributed by atoms with Crippen LogP contribution in [0.5, 0.6) is 11.5 Å². The number of nitrogens with zero attached hydrogens (tertiary/aromatic N) is 1. The third kappa shape index (κ3) is 5.63. The van der Waals surface area contributed by atoms with Gasteiger partial charge in [0.2, 0.25) is 0 Å². The van der Waals surface area contributed by atoms with Gasteiger partial charge in [-0.15, -0.1) is 0 Å². The molecule has 2 amide bonds. The number of alkyl halides is 1. The highest BCUT2D eigenvalue weighted by Gasteiger charge is 2.22. The normalized spacial score (nSPS) is 12.7. The lowest BCUT2D eigenvalue weighted by molar-refractivity contribution is 0.233. The number of nitrogens with two attached hydrogens (primary N) is 1. The number of hydrogen-bond acceptors (Lipinski definition) is 5. The molecule has 1 heterocycles. The average molecular weight is 392 g/mol. The topological polar surface area (TPSA) is 110 Å². The Morgan fingerprint density at radius 1 is 1.29 bits per heavy atom. The zero-order valence-electron chi connectivity index (χ0n) is 15.5. The van der Waals surface area contributed by atoms with Gasteiger partial charge in [0.1, 0.15) is 23.9 Å². The number of ether oxygens (including phenoxy) is 2. The van der Waals surface area contributed by atoms with Crippen LogP contribution in [0.3, 0.4) is 0 Å². The molecule has 2 unspecified atom stereocenters. The Bertz CT molecular complexity index is 830. The van der Waals surface area contributed by atoms with Crippen molar-refractivity contribution in [3.05, 3.63) is 53.6 Å². The predicted octanol–water partition coefficient (Wildman–Crippen LogP) is 3.13. The number of hydrogen-bond donors (Lipinski definition) is 3. The summed E-state index contributed by atoms with van der Waals surface area (Å²) in [7, 11) is 0. The van der Waals surface area contributed by atoms with Crippen LogP contribution in [0.2, 0.25) is 0 Å². The summed E-state index contributed by atoms with van der Waals surface area (Å²) in [6.45, 7) is 4.00. The van der Waals surface area contributed by atoms with Gasteiger partial charge in [-0.05, 0) is 38.1 Å². The summed E-state index contributed by atoms with van der Waals surface area (Å²) in [5.41, 5.74) is 4.24. The van der Waals surface area contributed by atoms with Crippen LogP contribution >= 0.6 is 0 Å². The number of halogens is 2. The van der Waals surface area contributed by atoms with E-state index in [4.69, 9.17) is 20.6 Å². The number of carbonyl (C=O) groups excluding carboxylic acids is 1. The number of pyridine rings is 1. The first-order valence-electron chi connectivity index (χ1n) is 8.61. The van der Waals surface area contributed by atoms with E-state index in [0.29, 0.717) is 12.4 Å². The number of amides is 2. The van der Waals surface area contributed by atoms with Crippen LogP contribution in [0, 0.1) is 11.2 Å². The van der Waals surface area contributed by atoms with Crippen LogP contribution in [0.4, 0.5) is 13.6 Å². The second-order valence-electron chi connectivity index (χ2n) is 5.99. The van der Waals surface area contributed by atoms with Crippen molar-refractivity contribution in [3.8, 4) is 11.5 Å². The molecule has 28 heavy (non-hydrogen) atoms. The Kier molecular flexibility index (Phi) is 7.25. The minimum Gasteiger partial charge on any atom is -0.492 e. The number of benzene rings is 1. The maximum absolute atomic E-state index is 14.6. The summed E-state index contributed by atoms with van der Waals surface area (Å²) in [5.74, 6) is -0.133. The summed E-state index contributed by atoms with van der Waals surface area (Å²) in [5, 5.41) is 10.4. The SMILES string of the molecule is CCOc1ccc(C(F)C(=N)c2ccc(OCC(C)NC(N)=O)cc2F)nc1. The van der Waals surface area contributed by atoms with Crippen LogP contribution in [-0.2, 0) is 0 Å². The molecule has 0 spiro atoms. The first-order chi connectivity index (χ1) is 13.3. The summed E-state index contributed by atoms with van der Waals surface area (Å²) < 4.78 is 39.6. The van der Waals surface area contributed by atoms with Crippen LogP contribution < -0.4 is 20.5 Å². The Morgan fingerprint density at radius 2 is 2.00 bits per heavy atom. The van der Waals surface area contributed by atoms with Gasteiger partial charge < -0.3 is 25.9 Å². The molecular weight excluding hydrogens is 370 g/mol. The summed E-state index contributed by atoms with van der Waals surface area (Å²) in [6.07, 6.45) is -0.537. The number of rotatable bonds is 9. The quantitative estimate of drug-likeness (QED) is 0.569. The van der Waals surface area contributed by atoms with Gasteiger partial charge in [-0.3, -0.25) is 4.98 Å². The van der Waals surface area contributed by atoms with Gasteiger partial charge in [0.05, 0.1) is 30.3 Å². The van der Waals surface area contributed by atoms with Gasteiger partial charge in [-0.1, -0.05) is 0 Å². The average Bonchev–Trinajstić information content (AvgIpc) is 2.66. The minimum absolute atomic E-state index is 0.0143. The fourth-order valence-electron chi connectivity index (χ4n) is 2.39. The molecule has 1 aromatic carbocycles. The first-order valence-corrected chi connectivity index (χ1v) is 8.61. The fraction of sp³-hybridized carbons (Fsp3) is 0.316. The zero-order valence-corrected chi connectivity index (χ0v) is 15.5. The lowest BCUT2D eigenvalue weighted by Crippen LogP contribution is -2.40. The van der Waals surface area contributed by atoms with E-state index in [1.54, 1.807) is 13.0 Å². The van der Waals surface area contributed by atoms with Gasteiger partial charge in [0, 0.05) is 11.6 Å². The molecule has 0 bridgehead atoms. The molecule has 0 aliphatic heterocycles. The molecule has 4 N–H and O–H groups in total. The van der Waals surface area contributed by atoms with Crippen molar-refractivity contribution in [3.63, 3.8) is 0 Å². The Hall–Kier alpha value is -3.23. The maximum atomic E-state index is 14.6. The molecule has 0 aliphatic carbocycles. The number of carbonyl (C=O) groups is 1. The van der Waals surface area contributed by atoms with E-state index >= 15 is 0 Å². The van der Waals surface area contributed by atoms with Gasteiger partial charge in [0.25, 0.3) is 0 Å². The number of primary amides is 1. The van der Waals surface area contributed by atoms with E-state index in [1.807, 2.05) is 6.92 Å². The minimum atomic E-state index is -1.89. The van der Waals surface area contributed by atoms with E-state index < -0.39 is 23.7 Å². The second-order valence-corrected chi connectivity index (χ2v) is 5.99. The number of nitrogens with one attached hydrogen (secondary N) is 2. The van der Waals surface area contributed by atoms with E-state index in [0.717, 1.165) is 6.07 Å². The molecule has 0 saturated carbocycles. The van der Waals surface area contributed by atoms with Crippen molar-refractivity contribution in [1.29, 1.82) is 5.41 Å². The summed E-state index contributed by atoms with van der Waals surface area (Å²) in [4.78, 5) is 14.7. The Labute approximate surface area is 161 Å². The molecule has 2 aromatic rings. The fourth-order valence-corrected chi connectivity index (χ4v) is 2.39. The van der Waals surface area contributed by atoms with Crippen molar-refractivity contribution in [1.82, 2.24) is 10.3 Å². The van der Waals surface area contributed by atoms with Gasteiger partial charge >= 0.3 is 6.03 Å². The van der Waals surface area contributed by atoms with Crippen LogP contribution in [0.15, 0.2) is 36.5 Å². The molecule has 0 fully saturated rings. The molecule has 0 aliphatic rings. The van der Waals surface area contributed by atoms with Crippen molar-refractivity contribution in [2.75, 3.05) is 13.2 Å². The molecular formula is C19H22F2N4O3. The maximum Gasteiger partial charge on any atom is 0.312 e. The highest BCUT2D eigenvalue weighted by Crippen LogP contribution is 2.25. The van der Waals surface area contributed by atoms with E-state index in [2.05, 4.69) is 10.3 Å². The molecule has 0 saturated heterocycles. The van der Waals surface area contributed by atoms with Crippen molar-refractivity contribution in [2.45, 2.75) is 26.1 Å². The van der Waals surface area contributed by atoms with Gasteiger partial charge in [-0.25, -0.2) is 13.6 Å². The van der Waals surface area contributed by atoms with Crippen LogP contribution in [-0.4, -0.2) is 36.0 Å². The molecule has 7 nitrogen and oxygen atoms in total. The molecule has 0 radical (unpaired) electrons. The van der Waals surface area contributed by atoms with Crippen molar-refractivity contribution >= 4 is 11.7 Å². The molecule has 150 valence electrons. The van der Waals surface area contributed by atoms with Crippen molar-refractivity contribution < 1.29 is 23.0 Å². The highest BCUT2D eigenvalue weighted by molar-refractivity contribution is 6.02. The van der Waals surface area contributed by atoms with Crippen molar-refractivity contribution in [2.24, 2.45) is 5.73 Å². The number of urea groups is 1. The van der Waals surface area contributed by atoms with E-state index in [-0.39, 0.29) is 29.7 Å². The smallest absolute Gasteiger partial charge is 0.312 e. The van der Waals surface area contributed by atoms with E-state index in [9.17, 15) is 13.6 Å². The third-order valence-electron chi connectivity index (χ3n) is 3.70. The lowest BCUT2D eigenvalue weighted by atomic mass is 10.0. The predicted molar refractivity (Wildman–Crippen MR) is 100 cm³/mol. The standard InChI is InChI=1S/C19H22F2N4O3/c1-3-27-13-5-7-16(24-9-13)17(21)18(22)14-6-4-12(8-15(14)20)28-10-11(2)25-19(23)26/h4-9,11,17,22H,3,10H2,1-2H3,(H3,23,25,26). The van der Waals surface area contributed by atoms with Crippen LogP contribution in [0.1, 0.15) is 31.3 Å². The summed E-state index contributed by atoms with van der Waals surface area (Å²) >= 11 is 0.